The van der Waals surface area contributed by atoms with Crippen LogP contribution in [-0.4, -0.2) is 5.97 Å². The average molecular weight is 458 g/mol. The third-order valence-corrected chi connectivity index (χ3v) is 7.12. The summed E-state index contributed by atoms with van der Waals surface area (Å²) in [5.74, 6) is 0.469. The maximum atomic E-state index is 12.0. The van der Waals surface area contributed by atoms with Crippen molar-refractivity contribution >= 4 is 47.5 Å². The van der Waals surface area contributed by atoms with Crippen molar-refractivity contribution in [2.45, 2.75) is 31.1 Å². The number of hydrogen-bond donors (Lipinski definition) is 0. The molecule has 0 aromatic heterocycles. The predicted octanol–water partition coefficient (Wildman–Crippen LogP) is 6.20. The Morgan fingerprint density at radius 1 is 1.26 bits per heavy atom. The van der Waals surface area contributed by atoms with Gasteiger partial charge in [-0.1, -0.05) is 31.5 Å². The molecule has 3 nitrogen and oxygen atoms in total. The molecule has 0 saturated heterocycles. The second-order valence-corrected chi connectivity index (χ2v) is 9.19. The molecule has 0 amide bonds. The summed E-state index contributed by atoms with van der Waals surface area (Å²) in [6.07, 6.45) is 3.46. The van der Waals surface area contributed by atoms with Crippen LogP contribution >= 0.6 is 41.5 Å². The van der Waals surface area contributed by atoms with Crippen LogP contribution in [0.3, 0.4) is 0 Å². The summed E-state index contributed by atoms with van der Waals surface area (Å²) in [6, 6.07) is 13.7. The number of hydrogen-bond acceptors (Lipinski definition) is 4. The number of benzene rings is 2. The minimum atomic E-state index is -1.35. The molecule has 2 aromatic rings. The maximum absolute atomic E-state index is 12.0. The lowest BCUT2D eigenvalue weighted by Crippen LogP contribution is -2.09. The van der Waals surface area contributed by atoms with Gasteiger partial charge in [0.2, 0.25) is 0 Å². The monoisotopic (exact) mass is 458 g/mol. The highest BCUT2D eigenvalue weighted by molar-refractivity contribution is 14.1. The highest BCUT2D eigenvalue weighted by atomic mass is 127. The zero-order valence-corrected chi connectivity index (χ0v) is 16.5. The Bertz CT molecular complexity index is 723. The maximum Gasteiger partial charge on any atom is 0.368 e. The van der Waals surface area contributed by atoms with Gasteiger partial charge in [0.05, 0.1) is 9.13 Å². The lowest BCUT2D eigenvalue weighted by Gasteiger charge is -2.22. The molecule has 0 spiro atoms. The number of halogens is 1. The van der Waals surface area contributed by atoms with Crippen LogP contribution in [0, 0.1) is 3.57 Å². The third kappa shape index (κ3) is 4.20. The van der Waals surface area contributed by atoms with Gasteiger partial charge >= 0.3 is 13.5 Å². The molecule has 23 heavy (non-hydrogen) atoms. The third-order valence-electron chi connectivity index (χ3n) is 3.43. The Morgan fingerprint density at radius 2 is 2.09 bits per heavy atom. The second kappa shape index (κ2) is 7.86. The topological polar surface area (TPSA) is 35.5 Å². The predicted molar refractivity (Wildman–Crippen MR) is 103 cm³/mol. The summed E-state index contributed by atoms with van der Waals surface area (Å²) >= 11 is 3.75. The van der Waals surface area contributed by atoms with Gasteiger partial charge in [-0.25, -0.2) is 4.79 Å². The number of unbranched alkanes of at least 4 members (excludes halogenated alkanes) is 1. The van der Waals surface area contributed by atoms with E-state index in [0.717, 1.165) is 20.6 Å². The van der Waals surface area contributed by atoms with Crippen LogP contribution in [0.25, 0.3) is 0 Å². The van der Waals surface area contributed by atoms with Crippen LogP contribution in [0.2, 0.25) is 0 Å². The molecule has 1 heterocycles. The normalized spacial score (nSPS) is 16.6. The van der Waals surface area contributed by atoms with Gasteiger partial charge in [-0.05, 0) is 76.6 Å². The molecule has 0 aliphatic carbocycles. The molecular formula is C17H16IO3PS. The first-order valence-corrected chi connectivity index (χ1v) is 11.1. The molecule has 0 N–H and O–H groups in total. The Morgan fingerprint density at radius 3 is 2.87 bits per heavy atom. The highest BCUT2D eigenvalue weighted by Gasteiger charge is 2.30. The first-order chi connectivity index (χ1) is 11.2. The Hall–Kier alpha value is -0.780. The fourth-order valence-corrected chi connectivity index (χ4v) is 5.91. The van der Waals surface area contributed by atoms with Crippen molar-refractivity contribution in [3.8, 4) is 5.75 Å². The van der Waals surface area contributed by atoms with Gasteiger partial charge in [0, 0.05) is 4.90 Å². The number of fused-ring (bicyclic) bond motifs is 1. The zero-order chi connectivity index (χ0) is 16.2. The lowest BCUT2D eigenvalue weighted by molar-refractivity contribution is 0.0740. The van der Waals surface area contributed by atoms with E-state index in [4.69, 9.17) is 9.05 Å². The molecule has 3 rings (SSSR count). The summed E-state index contributed by atoms with van der Waals surface area (Å²) in [4.78, 5) is 13.0. The van der Waals surface area contributed by atoms with E-state index in [0.29, 0.717) is 5.56 Å². The molecule has 0 radical (unpaired) electrons. The van der Waals surface area contributed by atoms with Crippen molar-refractivity contribution in [3.63, 3.8) is 0 Å². The van der Waals surface area contributed by atoms with Crippen LogP contribution < -0.4 is 4.52 Å². The van der Waals surface area contributed by atoms with E-state index in [9.17, 15) is 4.79 Å². The van der Waals surface area contributed by atoms with Gasteiger partial charge in [-0.2, -0.15) is 0 Å². The van der Waals surface area contributed by atoms with Crippen molar-refractivity contribution in [3.05, 3.63) is 57.2 Å². The minimum Gasteiger partial charge on any atom is -0.430 e. The molecule has 1 unspecified atom stereocenters. The van der Waals surface area contributed by atoms with Gasteiger partial charge in [0.1, 0.15) is 5.75 Å². The number of carbonyl (C=O) groups excluding carboxylic acids is 1. The fraction of sp³-hybridized carbons (Fsp3) is 0.235. The Balaban J connectivity index is 1.72. The van der Waals surface area contributed by atoms with Crippen LogP contribution in [-0.2, 0) is 10.9 Å². The van der Waals surface area contributed by atoms with Crippen molar-refractivity contribution in [2.24, 2.45) is 0 Å². The van der Waals surface area contributed by atoms with Gasteiger partial charge in [0.15, 0.2) is 0 Å². The van der Waals surface area contributed by atoms with Crippen LogP contribution in [0.4, 0.5) is 0 Å². The minimum absolute atomic E-state index is 0.306. The molecule has 0 saturated carbocycles. The SMILES string of the molecule is CCCCc1ccc(OP2OC(=O)c3ccccc3S2)c(I)c1. The second-order valence-electron chi connectivity index (χ2n) is 5.15. The van der Waals surface area contributed by atoms with Crippen LogP contribution in [0.15, 0.2) is 47.4 Å². The summed E-state index contributed by atoms with van der Waals surface area (Å²) in [7, 11) is -1.35. The first kappa shape index (κ1) is 17.1. The Kier molecular flexibility index (Phi) is 5.83. The number of rotatable bonds is 5. The fourth-order valence-electron chi connectivity index (χ4n) is 2.20. The molecule has 0 bridgehead atoms. The van der Waals surface area contributed by atoms with Crippen molar-refractivity contribution < 1.29 is 13.8 Å². The molecule has 1 aliphatic heterocycles. The van der Waals surface area contributed by atoms with Gasteiger partial charge in [0.25, 0.3) is 0 Å². The summed E-state index contributed by atoms with van der Waals surface area (Å²) in [6.45, 7) is 2.19. The summed E-state index contributed by atoms with van der Waals surface area (Å²) in [5.41, 5.74) is 1.93. The van der Waals surface area contributed by atoms with Crippen molar-refractivity contribution in [1.29, 1.82) is 0 Å². The molecule has 6 heteroatoms. The molecule has 1 aliphatic rings. The lowest BCUT2D eigenvalue weighted by atomic mass is 10.1. The first-order valence-electron chi connectivity index (χ1n) is 7.43. The van der Waals surface area contributed by atoms with E-state index in [1.165, 1.54) is 29.8 Å². The summed E-state index contributed by atoms with van der Waals surface area (Å²) in [5, 5.41) is 0. The van der Waals surface area contributed by atoms with Crippen LogP contribution in [0.5, 0.6) is 5.75 Å². The smallest absolute Gasteiger partial charge is 0.368 e. The van der Waals surface area contributed by atoms with Gasteiger partial charge < -0.3 is 9.05 Å². The summed E-state index contributed by atoms with van der Waals surface area (Å²) < 4.78 is 12.4. The van der Waals surface area contributed by atoms with Gasteiger partial charge in [-0.15, -0.1) is 0 Å². The standard InChI is InChI=1S/C17H16IO3PS/c1-2-3-6-12-9-10-15(14(18)11-12)20-22-21-17(19)13-7-4-5-8-16(13)23-22/h4-5,7-11H,2-3,6H2,1H3. The molecular weight excluding hydrogens is 442 g/mol. The molecule has 0 fully saturated rings. The molecule has 120 valence electrons. The Labute approximate surface area is 155 Å². The average Bonchev–Trinajstić information content (AvgIpc) is 2.55. The number of carbonyl (C=O) groups is 1. The van der Waals surface area contributed by atoms with E-state index in [1.807, 2.05) is 24.3 Å². The van der Waals surface area contributed by atoms with Crippen molar-refractivity contribution in [2.75, 3.05) is 0 Å². The quantitative estimate of drug-likeness (QED) is 0.395. The number of aryl methyl sites for hydroxylation is 1. The molecule has 2 aromatic carbocycles. The zero-order valence-electron chi connectivity index (χ0n) is 12.6. The van der Waals surface area contributed by atoms with Crippen LogP contribution in [0.1, 0.15) is 35.7 Å². The molecule has 1 atom stereocenters. The highest BCUT2D eigenvalue weighted by Crippen LogP contribution is 2.59. The van der Waals surface area contributed by atoms with Gasteiger partial charge in [-0.3, -0.25) is 0 Å². The van der Waals surface area contributed by atoms with Crippen molar-refractivity contribution in [1.82, 2.24) is 0 Å². The van der Waals surface area contributed by atoms with E-state index < -0.39 is 7.58 Å². The van der Waals surface area contributed by atoms with E-state index in [1.54, 1.807) is 6.07 Å². The van der Waals surface area contributed by atoms with E-state index in [2.05, 4.69) is 41.6 Å². The largest absolute Gasteiger partial charge is 0.430 e. The van der Waals surface area contributed by atoms with E-state index >= 15 is 0 Å². The van der Waals surface area contributed by atoms with E-state index in [-0.39, 0.29) is 5.97 Å².